The molecule has 0 aromatic heterocycles. The van der Waals surface area contributed by atoms with E-state index in [-0.39, 0.29) is 0 Å². The second-order valence-corrected chi connectivity index (χ2v) is 6.90. The Morgan fingerprint density at radius 2 is 1.03 bits per heavy atom. The van der Waals surface area contributed by atoms with Gasteiger partial charge in [-0.3, -0.25) is 0 Å². The van der Waals surface area contributed by atoms with Crippen molar-refractivity contribution in [1.82, 2.24) is 0 Å². The summed E-state index contributed by atoms with van der Waals surface area (Å²) in [5, 5.41) is 3.54. The molecule has 0 atom stereocenters. The third kappa shape index (κ3) is 4.20. The summed E-state index contributed by atoms with van der Waals surface area (Å²) in [4.78, 5) is 0. The van der Waals surface area contributed by atoms with E-state index in [4.69, 9.17) is 0 Å². The van der Waals surface area contributed by atoms with E-state index in [1.165, 1.54) is 11.1 Å². The van der Waals surface area contributed by atoms with Crippen LogP contribution < -0.4 is 5.32 Å². The Kier molecular flexibility index (Phi) is 5.40. The molecule has 1 N–H and O–H groups in total. The van der Waals surface area contributed by atoms with E-state index in [0.29, 0.717) is 0 Å². The quantitative estimate of drug-likeness (QED) is 0.360. The van der Waals surface area contributed by atoms with E-state index in [2.05, 4.69) is 109 Å². The van der Waals surface area contributed by atoms with Gasteiger partial charge < -0.3 is 5.32 Å². The van der Waals surface area contributed by atoms with Gasteiger partial charge >= 0.3 is 0 Å². The molecule has 0 heterocycles. The molecular formula is C28H23N. The van der Waals surface area contributed by atoms with Crippen LogP contribution in [0.4, 0.5) is 11.4 Å². The summed E-state index contributed by atoms with van der Waals surface area (Å²) in [5.74, 6) is 0. The zero-order valence-electron chi connectivity index (χ0n) is 16.3. The van der Waals surface area contributed by atoms with Crippen molar-refractivity contribution < 1.29 is 0 Å². The van der Waals surface area contributed by atoms with E-state index < -0.39 is 0 Å². The lowest BCUT2D eigenvalue weighted by Crippen LogP contribution is -1.91. The van der Waals surface area contributed by atoms with Gasteiger partial charge in [-0.25, -0.2) is 0 Å². The first-order valence-electron chi connectivity index (χ1n) is 9.69. The third-order valence-corrected chi connectivity index (χ3v) is 4.98. The van der Waals surface area contributed by atoms with E-state index in [1.807, 2.05) is 18.2 Å². The number of anilines is 2. The van der Waals surface area contributed by atoms with E-state index >= 15 is 0 Å². The number of hydrogen-bond acceptors (Lipinski definition) is 1. The molecule has 0 saturated carbocycles. The highest BCUT2D eigenvalue weighted by atomic mass is 14.9. The maximum absolute atomic E-state index is 3.92. The molecule has 29 heavy (non-hydrogen) atoms. The van der Waals surface area contributed by atoms with Gasteiger partial charge in [0, 0.05) is 11.4 Å². The molecule has 140 valence electrons. The Morgan fingerprint density at radius 3 is 1.66 bits per heavy atom. The molecule has 0 unspecified atom stereocenters. The van der Waals surface area contributed by atoms with Crippen LogP contribution in [0.1, 0.15) is 11.1 Å². The summed E-state index contributed by atoms with van der Waals surface area (Å²) in [5.41, 5.74) is 9.03. The monoisotopic (exact) mass is 373 g/mol. The summed E-state index contributed by atoms with van der Waals surface area (Å²) in [6, 6.07) is 33.7. The molecule has 0 aliphatic rings. The number of hydrogen-bond donors (Lipinski definition) is 1. The molecule has 0 aliphatic heterocycles. The number of nitrogens with one attached hydrogen (secondary N) is 1. The average Bonchev–Trinajstić information content (AvgIpc) is 2.79. The van der Waals surface area contributed by atoms with Crippen molar-refractivity contribution in [3.63, 3.8) is 0 Å². The molecule has 0 spiro atoms. The molecule has 0 saturated heterocycles. The molecule has 4 rings (SSSR count). The molecule has 1 nitrogen and oxygen atoms in total. The fourth-order valence-electron chi connectivity index (χ4n) is 3.47. The largest absolute Gasteiger partial charge is 0.355 e. The minimum absolute atomic E-state index is 1.06. The molecule has 4 aromatic rings. The molecule has 0 amide bonds. The van der Waals surface area contributed by atoms with Gasteiger partial charge in [-0.15, -0.1) is 0 Å². The van der Waals surface area contributed by atoms with Crippen LogP contribution in [0.25, 0.3) is 34.4 Å². The summed E-state index contributed by atoms with van der Waals surface area (Å²) in [7, 11) is 0. The topological polar surface area (TPSA) is 12.0 Å². The van der Waals surface area contributed by atoms with Gasteiger partial charge in [0.2, 0.25) is 0 Å². The van der Waals surface area contributed by atoms with E-state index in [0.717, 1.165) is 33.6 Å². The zero-order valence-corrected chi connectivity index (χ0v) is 16.3. The smallest absolute Gasteiger partial charge is 0.0390 e. The Hall–Kier alpha value is -3.84. The van der Waals surface area contributed by atoms with Gasteiger partial charge in [0.05, 0.1) is 0 Å². The second-order valence-electron chi connectivity index (χ2n) is 6.90. The zero-order chi connectivity index (χ0) is 20.1. The van der Waals surface area contributed by atoms with E-state index in [9.17, 15) is 0 Å². The molecule has 4 aromatic carbocycles. The molecule has 1 heteroatoms. The average molecular weight is 373 g/mol. The van der Waals surface area contributed by atoms with Crippen molar-refractivity contribution in [1.29, 1.82) is 0 Å². The van der Waals surface area contributed by atoms with Crippen LogP contribution >= 0.6 is 0 Å². The predicted octanol–water partition coefficient (Wildman–Crippen LogP) is 8.05. The predicted molar refractivity (Wildman–Crippen MR) is 127 cm³/mol. The van der Waals surface area contributed by atoms with Crippen LogP contribution in [0.5, 0.6) is 0 Å². The Bertz CT molecular complexity index is 1160. The Labute approximate surface area is 172 Å². The molecule has 0 aliphatic carbocycles. The number of rotatable bonds is 6. The van der Waals surface area contributed by atoms with Gasteiger partial charge in [-0.05, 0) is 63.7 Å². The SMILES string of the molecule is C=Cc1ccc(-c2cccc(Nc3cccc(-c4ccccc4)c3)c2)cc1C=C. The molecule has 0 radical (unpaired) electrons. The van der Waals surface area contributed by atoms with Crippen LogP contribution in [0, 0.1) is 0 Å². The van der Waals surface area contributed by atoms with Crippen molar-refractivity contribution in [2.75, 3.05) is 5.32 Å². The minimum atomic E-state index is 1.06. The Balaban J connectivity index is 1.62. The van der Waals surface area contributed by atoms with Gasteiger partial charge in [-0.2, -0.15) is 0 Å². The minimum Gasteiger partial charge on any atom is -0.355 e. The fraction of sp³-hybridized carbons (Fsp3) is 0. The van der Waals surface area contributed by atoms with Crippen molar-refractivity contribution in [3.8, 4) is 22.3 Å². The molecule has 0 fully saturated rings. The maximum atomic E-state index is 3.92. The Morgan fingerprint density at radius 1 is 0.483 bits per heavy atom. The molecular weight excluding hydrogens is 350 g/mol. The lowest BCUT2D eigenvalue weighted by atomic mass is 9.98. The van der Waals surface area contributed by atoms with Crippen molar-refractivity contribution in [3.05, 3.63) is 121 Å². The fourth-order valence-corrected chi connectivity index (χ4v) is 3.47. The lowest BCUT2D eigenvalue weighted by molar-refractivity contribution is 1.52. The maximum Gasteiger partial charge on any atom is 0.0390 e. The summed E-state index contributed by atoms with van der Waals surface area (Å²) in [6.45, 7) is 7.79. The first-order chi connectivity index (χ1) is 14.3. The van der Waals surface area contributed by atoms with Crippen molar-refractivity contribution in [2.45, 2.75) is 0 Å². The van der Waals surface area contributed by atoms with Crippen LogP contribution in [0.15, 0.2) is 110 Å². The summed E-state index contributed by atoms with van der Waals surface area (Å²) < 4.78 is 0. The van der Waals surface area contributed by atoms with Gasteiger partial charge in [0.25, 0.3) is 0 Å². The first kappa shape index (κ1) is 18.5. The molecule has 0 bridgehead atoms. The first-order valence-corrected chi connectivity index (χ1v) is 9.69. The third-order valence-electron chi connectivity index (χ3n) is 4.98. The van der Waals surface area contributed by atoms with Gasteiger partial charge in [0.1, 0.15) is 0 Å². The van der Waals surface area contributed by atoms with Gasteiger partial charge in [0.15, 0.2) is 0 Å². The lowest BCUT2D eigenvalue weighted by Gasteiger charge is -2.11. The summed E-state index contributed by atoms with van der Waals surface area (Å²) >= 11 is 0. The van der Waals surface area contributed by atoms with Crippen molar-refractivity contribution >= 4 is 23.5 Å². The highest BCUT2D eigenvalue weighted by molar-refractivity contribution is 5.76. The van der Waals surface area contributed by atoms with Crippen LogP contribution in [-0.2, 0) is 0 Å². The normalized spacial score (nSPS) is 10.3. The van der Waals surface area contributed by atoms with E-state index in [1.54, 1.807) is 0 Å². The second kappa shape index (κ2) is 8.45. The van der Waals surface area contributed by atoms with Crippen LogP contribution in [0.3, 0.4) is 0 Å². The number of benzene rings is 4. The standard InChI is InChI=1S/C28H23N/c1-3-21-16-17-26(18-22(21)4-2)25-13-9-15-28(20-25)29-27-14-8-12-24(19-27)23-10-6-5-7-11-23/h3-20,29H,1-2H2. The highest BCUT2D eigenvalue weighted by Crippen LogP contribution is 2.29. The van der Waals surface area contributed by atoms with Crippen LogP contribution in [-0.4, -0.2) is 0 Å². The van der Waals surface area contributed by atoms with Crippen LogP contribution in [0.2, 0.25) is 0 Å². The highest BCUT2D eigenvalue weighted by Gasteiger charge is 2.04. The van der Waals surface area contributed by atoms with Crippen molar-refractivity contribution in [2.24, 2.45) is 0 Å². The summed E-state index contributed by atoms with van der Waals surface area (Å²) in [6.07, 6.45) is 3.73. The van der Waals surface area contributed by atoms with Gasteiger partial charge in [-0.1, -0.05) is 92.0 Å².